The van der Waals surface area contributed by atoms with E-state index in [0.29, 0.717) is 64.8 Å². The summed E-state index contributed by atoms with van der Waals surface area (Å²) in [4.78, 5) is 44.2. The van der Waals surface area contributed by atoms with Crippen LogP contribution in [0.3, 0.4) is 0 Å². The summed E-state index contributed by atoms with van der Waals surface area (Å²) in [5.74, 6) is 1.15. The van der Waals surface area contributed by atoms with Crippen LogP contribution in [0.25, 0.3) is 44.0 Å². The van der Waals surface area contributed by atoms with E-state index < -0.39 is 32.8 Å². The van der Waals surface area contributed by atoms with E-state index in [1.54, 1.807) is 57.9 Å². The molecule has 4 heterocycles. The number of hydrogen-bond donors (Lipinski definition) is 6. The van der Waals surface area contributed by atoms with Crippen molar-refractivity contribution in [3.63, 3.8) is 0 Å². The number of sulfone groups is 2. The third kappa shape index (κ3) is 13.4. The number of anilines is 4. The van der Waals surface area contributed by atoms with Gasteiger partial charge in [0.25, 0.3) is 11.1 Å². The summed E-state index contributed by atoms with van der Waals surface area (Å²) < 4.78 is 50.4. The summed E-state index contributed by atoms with van der Waals surface area (Å²) in [5.41, 5.74) is 15.4. The van der Waals surface area contributed by atoms with Gasteiger partial charge >= 0.3 is 7.12 Å². The molecule has 0 saturated carbocycles. The van der Waals surface area contributed by atoms with Crippen molar-refractivity contribution in [3.8, 4) is 22.5 Å². The fourth-order valence-electron chi connectivity index (χ4n) is 8.56. The van der Waals surface area contributed by atoms with Gasteiger partial charge in [0.1, 0.15) is 11.6 Å². The van der Waals surface area contributed by atoms with E-state index in [2.05, 4.69) is 46.5 Å². The molecule has 24 heteroatoms. The molecular weight excluding hydrogens is 1170 g/mol. The molecule has 8 N–H and O–H groups in total. The minimum absolute atomic E-state index is 0.0495. The highest BCUT2D eigenvalue weighted by atomic mass is 79.9. The molecule has 10 rings (SSSR count). The molecule has 408 valence electrons. The van der Waals surface area contributed by atoms with Crippen LogP contribution in [0, 0.1) is 0 Å². The Bertz CT molecular complexity index is 4300. The maximum Gasteiger partial charge on any atom is 0.488 e. The molecule has 10 aromatic rings. The average Bonchev–Trinajstić information content (AvgIpc) is 3.50. The third-order valence-electron chi connectivity index (χ3n) is 12.4. The summed E-state index contributed by atoms with van der Waals surface area (Å²) in [5, 5.41) is 27.4. The Balaban J connectivity index is 0.000000176. The van der Waals surface area contributed by atoms with Crippen LogP contribution in [-0.4, -0.2) is 75.6 Å². The number of fused-ring (bicyclic) bond motifs is 2. The molecule has 0 amide bonds. The van der Waals surface area contributed by atoms with Gasteiger partial charge in [-0.15, -0.1) is 0 Å². The number of nitrogens with two attached hydrogens (primary N) is 2. The smallest absolute Gasteiger partial charge is 0.423 e. The van der Waals surface area contributed by atoms with Crippen molar-refractivity contribution in [1.82, 2.24) is 29.1 Å². The minimum atomic E-state index is -3.42. The molecule has 0 aliphatic heterocycles. The second-order valence-electron chi connectivity index (χ2n) is 18.2. The number of para-hydroxylation sites is 2. The highest BCUT2D eigenvalue weighted by Gasteiger charge is 2.22. The number of benzene rings is 6. The van der Waals surface area contributed by atoms with Gasteiger partial charge in [-0.2, -0.15) is 9.97 Å². The molecule has 0 aliphatic rings. The molecule has 0 fully saturated rings. The fraction of sp³-hybridized carbons (Fsp3) is 0.107. The number of nitrogens with one attached hydrogen (secondary N) is 2. The molecule has 0 bridgehead atoms. The van der Waals surface area contributed by atoms with Crippen molar-refractivity contribution in [2.24, 2.45) is 0 Å². The lowest BCUT2D eigenvalue weighted by Crippen LogP contribution is -2.30. The summed E-state index contributed by atoms with van der Waals surface area (Å²) in [6, 6.07) is 44.8. The zero-order valence-electron chi connectivity index (χ0n) is 43.0. The molecule has 0 unspecified atom stereocenters. The molecular formula is C56H50BBrCl2N10O8S2. The summed E-state index contributed by atoms with van der Waals surface area (Å²) >= 11 is 16.2. The van der Waals surface area contributed by atoms with Gasteiger partial charge in [-0.1, -0.05) is 108 Å². The van der Waals surface area contributed by atoms with Gasteiger partial charge in [-0.05, 0) is 124 Å². The molecule has 0 aliphatic carbocycles. The molecule has 6 aromatic carbocycles. The van der Waals surface area contributed by atoms with Gasteiger partial charge in [0, 0.05) is 53.2 Å². The van der Waals surface area contributed by atoms with Crippen molar-refractivity contribution in [3.05, 3.63) is 217 Å². The maximum absolute atomic E-state index is 13.7. The van der Waals surface area contributed by atoms with Crippen LogP contribution in [0.4, 0.5) is 23.5 Å². The highest BCUT2D eigenvalue weighted by Crippen LogP contribution is 2.33. The number of nitrogen functional groups attached to an aromatic ring is 2. The second-order valence-corrected chi connectivity index (χ2v) is 23.9. The summed E-state index contributed by atoms with van der Waals surface area (Å²) in [7, 11) is -8.34. The number of rotatable bonds is 12. The quantitative estimate of drug-likeness (QED) is 0.0622. The Labute approximate surface area is 478 Å². The third-order valence-corrected chi connectivity index (χ3v) is 15.8. The molecule has 4 aromatic heterocycles. The summed E-state index contributed by atoms with van der Waals surface area (Å²) in [6.07, 6.45) is 5.35. The largest absolute Gasteiger partial charge is 0.488 e. The van der Waals surface area contributed by atoms with Crippen molar-refractivity contribution in [2.45, 2.75) is 35.7 Å². The Morgan fingerprint density at radius 1 is 0.575 bits per heavy atom. The maximum atomic E-state index is 13.7. The van der Waals surface area contributed by atoms with E-state index in [1.165, 1.54) is 30.3 Å². The van der Waals surface area contributed by atoms with Crippen molar-refractivity contribution < 1.29 is 26.9 Å². The SMILES string of the molecule is CS(=O)(=O)c1cccc(B(O)O)c1.C[C@H](Nc1nc(N)ncc1-c1cccc(S(C)(=O)=O)c1)c1cc2cccc(Cl)c2c(=O)n1-c1ccccc1.C[C@H](Nc1nc(N)ncc1Br)c1cc2cccc(Cl)c2c(=O)n1-c1ccccc1. The number of hydrogen-bond acceptors (Lipinski definition) is 16. The summed E-state index contributed by atoms with van der Waals surface area (Å²) in [6.45, 7) is 3.86. The first-order valence-electron chi connectivity index (χ1n) is 24.2. The Hall–Kier alpha value is -7.96. The predicted molar refractivity (Wildman–Crippen MR) is 322 cm³/mol. The molecule has 0 spiro atoms. The molecule has 18 nitrogen and oxygen atoms in total. The van der Waals surface area contributed by atoms with Crippen LogP contribution in [-0.2, 0) is 19.7 Å². The van der Waals surface area contributed by atoms with Crippen molar-refractivity contribution in [2.75, 3.05) is 34.6 Å². The first-order valence-corrected chi connectivity index (χ1v) is 29.5. The van der Waals surface area contributed by atoms with Gasteiger partial charge in [-0.25, -0.2) is 26.8 Å². The number of nitrogens with zero attached hydrogens (tertiary/aromatic N) is 6. The van der Waals surface area contributed by atoms with E-state index in [1.807, 2.05) is 105 Å². The van der Waals surface area contributed by atoms with E-state index in [9.17, 15) is 26.4 Å². The van der Waals surface area contributed by atoms with Crippen LogP contribution in [0.5, 0.6) is 0 Å². The predicted octanol–water partition coefficient (Wildman–Crippen LogP) is 8.98. The standard InChI is InChI=1S/C28H24ClN5O3S.C21H17BrClN5O.C7H9BO4S/c1-17(32-26-22(16-31-28(30)33-26)18-8-6-12-21(14-18)38(2,36)37)24-15-19-9-7-13-23(29)25(19)27(35)34(24)20-10-4-3-5-11-20;1-12(26-19-15(22)11-25-21(24)27-19)17-10-13-6-5-9-16(23)18(13)20(29)28(17)14-7-3-2-4-8-14;1-13(11,12)7-4-2-3-6(5-7)8(9)10/h3-17H,1-2H3,(H3,30,31,32,33);2-12H,1H3,(H3,24,25,26,27);2-5,9-10H,1H3/t17-;12-;/m00./s1. The van der Waals surface area contributed by atoms with Crippen molar-refractivity contribution >= 4 is 116 Å². The number of aromatic nitrogens is 6. The van der Waals surface area contributed by atoms with Crippen molar-refractivity contribution in [1.29, 1.82) is 0 Å². The zero-order chi connectivity index (χ0) is 57.6. The van der Waals surface area contributed by atoms with E-state index >= 15 is 0 Å². The topological polar surface area (TPSA) is 280 Å². The first-order chi connectivity index (χ1) is 38.0. The Morgan fingerprint density at radius 2 is 1.01 bits per heavy atom. The van der Waals surface area contributed by atoms with Crippen LogP contribution >= 0.6 is 39.1 Å². The lowest BCUT2D eigenvalue weighted by atomic mass is 9.80. The van der Waals surface area contributed by atoms with Crippen LogP contribution in [0.1, 0.15) is 37.3 Å². The zero-order valence-corrected chi connectivity index (χ0v) is 47.8. The minimum Gasteiger partial charge on any atom is -0.423 e. The average molecular weight is 1220 g/mol. The fourth-order valence-corrected chi connectivity index (χ4v) is 10.7. The monoisotopic (exact) mass is 1210 g/mol. The lowest BCUT2D eigenvalue weighted by molar-refractivity contribution is 0.425. The van der Waals surface area contributed by atoms with Gasteiger partial charge in [-0.3, -0.25) is 18.7 Å². The molecule has 2 atom stereocenters. The highest BCUT2D eigenvalue weighted by molar-refractivity contribution is 9.10. The van der Waals surface area contributed by atoms with Gasteiger partial charge in [0.05, 0.1) is 47.2 Å². The number of pyridine rings is 2. The van der Waals surface area contributed by atoms with E-state index in [0.717, 1.165) is 29.3 Å². The van der Waals surface area contributed by atoms with E-state index in [-0.39, 0.29) is 44.3 Å². The normalized spacial score (nSPS) is 12.1. The molecule has 80 heavy (non-hydrogen) atoms. The van der Waals surface area contributed by atoms with Gasteiger partial charge in [0.2, 0.25) is 11.9 Å². The number of halogens is 3. The van der Waals surface area contributed by atoms with Gasteiger partial charge in [0.15, 0.2) is 19.7 Å². The first kappa shape index (κ1) is 58.2. The molecule has 0 saturated heterocycles. The van der Waals surface area contributed by atoms with Crippen LogP contribution in [0.2, 0.25) is 10.0 Å². The van der Waals surface area contributed by atoms with Gasteiger partial charge < -0.3 is 32.1 Å². The second kappa shape index (κ2) is 24.6. The molecule has 0 radical (unpaired) electrons. The van der Waals surface area contributed by atoms with Crippen LogP contribution < -0.4 is 38.7 Å². The Morgan fingerprint density at radius 3 is 1.50 bits per heavy atom. The van der Waals surface area contributed by atoms with Crippen LogP contribution in [0.15, 0.2) is 194 Å². The van der Waals surface area contributed by atoms with E-state index in [4.69, 9.17) is 44.7 Å². The lowest BCUT2D eigenvalue weighted by Gasteiger charge is -2.23. The Kier molecular flexibility index (Phi) is 17.9.